The Morgan fingerprint density at radius 3 is 2.68 bits per heavy atom. The summed E-state index contributed by atoms with van der Waals surface area (Å²) in [7, 11) is 0. The number of nitrogens with zero attached hydrogens (tertiary/aromatic N) is 3. The molecular formula is C25H26N4O3S2. The molecule has 2 aromatic heterocycles. The number of aromatic nitrogens is 2. The molecule has 3 heterocycles. The number of thiocarbonyl (C=S) groups is 1. The van der Waals surface area contributed by atoms with Crippen LogP contribution in [-0.2, 0) is 4.79 Å². The fraction of sp³-hybridized carbons (Fsp3) is 0.280. The van der Waals surface area contributed by atoms with E-state index in [1.807, 2.05) is 30.3 Å². The summed E-state index contributed by atoms with van der Waals surface area (Å²) in [6.07, 6.45) is 5.35. The highest BCUT2D eigenvalue weighted by molar-refractivity contribution is 8.26. The number of thioether (sulfide) groups is 1. The van der Waals surface area contributed by atoms with Gasteiger partial charge in [0.1, 0.15) is 15.8 Å². The van der Waals surface area contributed by atoms with Gasteiger partial charge in [0.25, 0.3) is 11.5 Å². The third kappa shape index (κ3) is 5.22. The molecule has 1 aromatic carbocycles. The van der Waals surface area contributed by atoms with Gasteiger partial charge >= 0.3 is 0 Å². The number of anilines is 1. The first-order valence-electron chi connectivity index (χ1n) is 11.2. The fourth-order valence-electron chi connectivity index (χ4n) is 3.70. The minimum Gasteiger partial charge on any atom is -0.387 e. The van der Waals surface area contributed by atoms with Gasteiger partial charge in [-0.25, -0.2) is 4.98 Å². The number of aliphatic hydroxyl groups is 1. The molecule has 3 aromatic rings. The maximum absolute atomic E-state index is 13.3. The largest absolute Gasteiger partial charge is 0.387 e. The Hall–Kier alpha value is -3.01. The summed E-state index contributed by atoms with van der Waals surface area (Å²) < 4.78 is 1.93. The predicted molar refractivity (Wildman–Crippen MR) is 141 cm³/mol. The summed E-state index contributed by atoms with van der Waals surface area (Å²) >= 11 is 6.62. The second kappa shape index (κ2) is 10.9. The second-order valence-electron chi connectivity index (χ2n) is 7.96. The molecule has 0 radical (unpaired) electrons. The van der Waals surface area contributed by atoms with E-state index in [1.165, 1.54) is 16.2 Å². The zero-order valence-electron chi connectivity index (χ0n) is 18.8. The second-order valence-corrected chi connectivity index (χ2v) is 9.63. The molecule has 0 unspecified atom stereocenters. The highest BCUT2D eigenvalue weighted by Crippen LogP contribution is 2.33. The van der Waals surface area contributed by atoms with Crippen LogP contribution in [0.2, 0.25) is 0 Å². The number of hydrogen-bond acceptors (Lipinski definition) is 7. The molecule has 0 aliphatic carbocycles. The Balaban J connectivity index is 1.67. The average molecular weight is 495 g/mol. The number of carbonyl (C=O) groups is 1. The number of amides is 1. The van der Waals surface area contributed by atoms with Crippen LogP contribution >= 0.6 is 24.0 Å². The van der Waals surface area contributed by atoms with Crippen LogP contribution in [0, 0.1) is 0 Å². The molecule has 1 fully saturated rings. The lowest BCUT2D eigenvalue weighted by Crippen LogP contribution is -2.29. The van der Waals surface area contributed by atoms with Crippen molar-refractivity contribution >= 4 is 51.7 Å². The van der Waals surface area contributed by atoms with E-state index in [4.69, 9.17) is 12.2 Å². The molecule has 1 aliphatic rings. The van der Waals surface area contributed by atoms with Crippen molar-refractivity contribution in [1.29, 1.82) is 0 Å². The van der Waals surface area contributed by atoms with Crippen molar-refractivity contribution in [2.24, 2.45) is 0 Å². The van der Waals surface area contributed by atoms with E-state index >= 15 is 0 Å². The molecule has 9 heteroatoms. The van der Waals surface area contributed by atoms with E-state index in [0.29, 0.717) is 27.2 Å². The van der Waals surface area contributed by atoms with E-state index in [0.717, 1.165) is 24.8 Å². The van der Waals surface area contributed by atoms with Gasteiger partial charge in [0.2, 0.25) is 0 Å². The van der Waals surface area contributed by atoms with Crippen molar-refractivity contribution in [2.75, 3.05) is 18.4 Å². The summed E-state index contributed by atoms with van der Waals surface area (Å²) in [4.78, 5) is 32.9. The number of unbranched alkanes of at least 4 members (excludes halogenated alkanes) is 2. The molecule has 0 spiro atoms. The summed E-state index contributed by atoms with van der Waals surface area (Å²) in [6, 6.07) is 14.5. The molecule has 0 bridgehead atoms. The lowest BCUT2D eigenvalue weighted by atomic mass is 10.1. The number of rotatable bonds is 9. The van der Waals surface area contributed by atoms with Crippen LogP contribution in [0.4, 0.5) is 5.82 Å². The number of carbonyl (C=O) groups excluding carboxylic acids is 1. The van der Waals surface area contributed by atoms with Crippen LogP contribution in [0.25, 0.3) is 11.7 Å². The monoisotopic (exact) mass is 494 g/mol. The smallest absolute Gasteiger partial charge is 0.267 e. The number of fused-ring (bicyclic) bond motifs is 1. The molecule has 1 aliphatic heterocycles. The van der Waals surface area contributed by atoms with Crippen LogP contribution in [-0.4, -0.2) is 42.7 Å². The summed E-state index contributed by atoms with van der Waals surface area (Å²) in [5.74, 6) is 0.112. The molecule has 176 valence electrons. The topological polar surface area (TPSA) is 86.9 Å². The van der Waals surface area contributed by atoms with E-state index in [1.54, 1.807) is 35.4 Å². The van der Waals surface area contributed by atoms with Crippen LogP contribution < -0.4 is 10.9 Å². The number of benzene rings is 1. The van der Waals surface area contributed by atoms with Gasteiger partial charge in [0.05, 0.1) is 16.6 Å². The van der Waals surface area contributed by atoms with Crippen molar-refractivity contribution in [2.45, 2.75) is 32.3 Å². The van der Waals surface area contributed by atoms with E-state index < -0.39 is 6.10 Å². The van der Waals surface area contributed by atoms with Gasteiger partial charge in [-0.15, -0.1) is 0 Å². The quantitative estimate of drug-likeness (QED) is 0.261. The van der Waals surface area contributed by atoms with Gasteiger partial charge in [-0.3, -0.25) is 18.9 Å². The van der Waals surface area contributed by atoms with Crippen molar-refractivity contribution in [3.63, 3.8) is 0 Å². The van der Waals surface area contributed by atoms with Crippen molar-refractivity contribution < 1.29 is 9.90 Å². The van der Waals surface area contributed by atoms with Crippen molar-refractivity contribution in [3.05, 3.63) is 81.1 Å². The molecule has 4 rings (SSSR count). The Bertz CT molecular complexity index is 1290. The van der Waals surface area contributed by atoms with Crippen LogP contribution in [0.15, 0.2) is 64.4 Å². The van der Waals surface area contributed by atoms with Crippen molar-refractivity contribution in [1.82, 2.24) is 14.3 Å². The average Bonchev–Trinajstić information content (AvgIpc) is 3.12. The first kappa shape index (κ1) is 24.1. The van der Waals surface area contributed by atoms with Gasteiger partial charge in [-0.05, 0) is 30.2 Å². The third-order valence-electron chi connectivity index (χ3n) is 5.55. The molecular weight excluding hydrogens is 468 g/mol. The van der Waals surface area contributed by atoms with Gasteiger partial charge in [0, 0.05) is 19.3 Å². The van der Waals surface area contributed by atoms with E-state index in [9.17, 15) is 14.7 Å². The zero-order valence-corrected chi connectivity index (χ0v) is 20.4. The van der Waals surface area contributed by atoms with E-state index in [2.05, 4.69) is 17.2 Å². The third-order valence-corrected chi connectivity index (χ3v) is 6.93. The summed E-state index contributed by atoms with van der Waals surface area (Å²) in [5, 5.41) is 13.7. The molecule has 1 saturated heterocycles. The first-order valence-corrected chi connectivity index (χ1v) is 12.5. The van der Waals surface area contributed by atoms with Gasteiger partial charge in [-0.2, -0.15) is 0 Å². The highest BCUT2D eigenvalue weighted by Gasteiger charge is 2.32. The minimum atomic E-state index is -0.790. The number of pyridine rings is 1. The molecule has 0 saturated carbocycles. The molecule has 1 atom stereocenters. The highest BCUT2D eigenvalue weighted by atomic mass is 32.2. The van der Waals surface area contributed by atoms with Gasteiger partial charge < -0.3 is 10.4 Å². The standard InChI is InChI=1S/C25H26N4O3S2/c1-2-3-8-14-29-24(32)20(34-25(29)33)15-18-22(26-16-19(30)17-10-5-4-6-11-17)27-21-12-7-9-13-28(21)23(18)31/h4-7,9-13,15,19,26,30H,2-3,8,14,16H2,1H3/b20-15-/t19-/m1/s1. The first-order chi connectivity index (χ1) is 16.5. The Morgan fingerprint density at radius 2 is 1.91 bits per heavy atom. The lowest BCUT2D eigenvalue weighted by molar-refractivity contribution is -0.122. The Labute approximate surface area is 207 Å². The maximum atomic E-state index is 13.3. The SMILES string of the molecule is CCCCCN1C(=O)/C(=C/c2c(NC[C@@H](O)c3ccccc3)nc3ccccn3c2=O)SC1=S. The fourth-order valence-corrected chi connectivity index (χ4v) is 4.99. The van der Waals surface area contributed by atoms with Crippen LogP contribution in [0.5, 0.6) is 0 Å². The number of aliphatic hydroxyl groups excluding tert-OH is 1. The number of hydrogen-bond donors (Lipinski definition) is 2. The van der Waals surface area contributed by atoms with Gasteiger partial charge in [-0.1, -0.05) is 80.1 Å². The zero-order chi connectivity index (χ0) is 24.1. The number of nitrogens with one attached hydrogen (secondary N) is 1. The molecule has 7 nitrogen and oxygen atoms in total. The molecule has 2 N–H and O–H groups in total. The predicted octanol–water partition coefficient (Wildman–Crippen LogP) is 4.23. The van der Waals surface area contributed by atoms with Crippen LogP contribution in [0.1, 0.15) is 43.4 Å². The van der Waals surface area contributed by atoms with Crippen LogP contribution in [0.3, 0.4) is 0 Å². The molecule has 34 heavy (non-hydrogen) atoms. The summed E-state index contributed by atoms with van der Waals surface area (Å²) in [6.45, 7) is 2.82. The normalized spacial score (nSPS) is 15.9. The Morgan fingerprint density at radius 1 is 1.15 bits per heavy atom. The molecule has 1 amide bonds. The lowest BCUT2D eigenvalue weighted by Gasteiger charge is -2.15. The van der Waals surface area contributed by atoms with E-state index in [-0.39, 0.29) is 23.6 Å². The summed E-state index contributed by atoms with van der Waals surface area (Å²) in [5.41, 5.74) is 1.16. The Kier molecular flexibility index (Phi) is 7.77. The minimum absolute atomic E-state index is 0.151. The van der Waals surface area contributed by atoms with Gasteiger partial charge in [0.15, 0.2) is 0 Å². The van der Waals surface area contributed by atoms with Crippen molar-refractivity contribution in [3.8, 4) is 0 Å². The maximum Gasteiger partial charge on any atom is 0.267 e.